The number of aryl methyl sites for hydroxylation is 1. The quantitative estimate of drug-likeness (QED) is 0.674. The summed E-state index contributed by atoms with van der Waals surface area (Å²) < 4.78 is 12.7. The molecular formula is C20H23N5O3. The van der Waals surface area contributed by atoms with Crippen LogP contribution in [0.3, 0.4) is 0 Å². The summed E-state index contributed by atoms with van der Waals surface area (Å²) in [5.74, 6) is 1.29. The molecule has 1 aromatic carbocycles. The number of para-hydroxylation sites is 2. The van der Waals surface area contributed by atoms with Crippen LogP contribution in [0.25, 0.3) is 11.2 Å². The van der Waals surface area contributed by atoms with Gasteiger partial charge in [-0.15, -0.1) is 0 Å². The molecule has 146 valence electrons. The highest BCUT2D eigenvalue weighted by Crippen LogP contribution is 2.30. The Kier molecular flexibility index (Phi) is 5.10. The van der Waals surface area contributed by atoms with Crippen molar-refractivity contribution in [3.8, 4) is 11.5 Å². The molecule has 2 aromatic heterocycles. The second-order valence-corrected chi connectivity index (χ2v) is 6.86. The van der Waals surface area contributed by atoms with Crippen molar-refractivity contribution in [2.24, 2.45) is 7.05 Å². The maximum absolute atomic E-state index is 12.7. The minimum absolute atomic E-state index is 0.0180. The molecule has 1 fully saturated rings. The monoisotopic (exact) mass is 381 g/mol. The molecule has 28 heavy (non-hydrogen) atoms. The van der Waals surface area contributed by atoms with E-state index in [1.807, 2.05) is 30.1 Å². The molecule has 4 rings (SSSR count). The molecule has 0 bridgehead atoms. The van der Waals surface area contributed by atoms with E-state index in [0.717, 1.165) is 36.2 Å². The number of hydrogen-bond donors (Lipinski definition) is 0. The summed E-state index contributed by atoms with van der Waals surface area (Å²) in [6.45, 7) is 1.31. The van der Waals surface area contributed by atoms with Crippen LogP contribution in [0.2, 0.25) is 0 Å². The number of ether oxygens (including phenoxy) is 2. The molecule has 8 nitrogen and oxygen atoms in total. The van der Waals surface area contributed by atoms with E-state index >= 15 is 0 Å². The van der Waals surface area contributed by atoms with Crippen LogP contribution < -0.4 is 9.47 Å². The summed E-state index contributed by atoms with van der Waals surface area (Å²) in [5.41, 5.74) is 2.49. The fourth-order valence-electron chi connectivity index (χ4n) is 3.68. The molecular weight excluding hydrogens is 358 g/mol. The summed E-state index contributed by atoms with van der Waals surface area (Å²) >= 11 is 0. The van der Waals surface area contributed by atoms with Gasteiger partial charge in [0.2, 0.25) is 0 Å². The van der Waals surface area contributed by atoms with Gasteiger partial charge in [0.15, 0.2) is 23.8 Å². The van der Waals surface area contributed by atoms with Crippen LogP contribution >= 0.6 is 0 Å². The highest BCUT2D eigenvalue weighted by Gasteiger charge is 2.29. The van der Waals surface area contributed by atoms with Crippen LogP contribution in [0.5, 0.6) is 11.5 Å². The number of aromatic nitrogens is 4. The van der Waals surface area contributed by atoms with Gasteiger partial charge in [-0.2, -0.15) is 5.10 Å². The van der Waals surface area contributed by atoms with Gasteiger partial charge in [0, 0.05) is 38.4 Å². The summed E-state index contributed by atoms with van der Waals surface area (Å²) in [6, 6.07) is 7.32. The number of fused-ring (bicyclic) bond motifs is 1. The number of hydrogen-bond acceptors (Lipinski definition) is 6. The van der Waals surface area contributed by atoms with Crippen molar-refractivity contribution in [2.45, 2.75) is 18.8 Å². The molecule has 1 amide bonds. The number of amides is 1. The van der Waals surface area contributed by atoms with Crippen molar-refractivity contribution in [1.29, 1.82) is 0 Å². The van der Waals surface area contributed by atoms with E-state index in [2.05, 4.69) is 15.1 Å². The summed E-state index contributed by atoms with van der Waals surface area (Å²) in [6.07, 6.45) is 5.24. The number of rotatable bonds is 5. The first kappa shape index (κ1) is 18.2. The van der Waals surface area contributed by atoms with Crippen LogP contribution in [-0.4, -0.2) is 57.4 Å². The average Bonchev–Trinajstić information content (AvgIpc) is 3.09. The number of likely N-dealkylation sites (tertiary alicyclic amines) is 1. The highest BCUT2D eigenvalue weighted by molar-refractivity contribution is 5.78. The third kappa shape index (κ3) is 3.49. The Morgan fingerprint density at radius 2 is 2.00 bits per heavy atom. The van der Waals surface area contributed by atoms with Gasteiger partial charge in [-0.25, -0.2) is 14.6 Å². The lowest BCUT2D eigenvalue weighted by Gasteiger charge is -2.32. The predicted molar refractivity (Wildman–Crippen MR) is 103 cm³/mol. The van der Waals surface area contributed by atoms with Crippen LogP contribution in [0.15, 0.2) is 36.7 Å². The van der Waals surface area contributed by atoms with E-state index in [0.29, 0.717) is 18.0 Å². The van der Waals surface area contributed by atoms with Gasteiger partial charge in [-0.1, -0.05) is 12.1 Å². The summed E-state index contributed by atoms with van der Waals surface area (Å²) in [7, 11) is 3.45. The molecule has 0 saturated carbocycles. The summed E-state index contributed by atoms with van der Waals surface area (Å²) in [5, 5.41) is 4.63. The Morgan fingerprint density at radius 1 is 1.21 bits per heavy atom. The predicted octanol–water partition coefficient (Wildman–Crippen LogP) is 2.16. The normalized spacial score (nSPS) is 16.9. The van der Waals surface area contributed by atoms with Crippen molar-refractivity contribution >= 4 is 17.1 Å². The molecule has 3 heterocycles. The molecule has 0 N–H and O–H groups in total. The lowest BCUT2D eigenvalue weighted by molar-refractivity contribution is -0.134. The zero-order valence-electron chi connectivity index (χ0n) is 16.0. The standard InChI is InChI=1S/C20H23N5O3/c1-24-20-19(21-9-10-22-20)18(23-24)14-6-5-11-25(12-14)17(26)13-28-16-8-4-3-7-15(16)27-2/h3-4,7-10,14H,5-6,11-13H2,1-2H3/t14-/m1/s1. The maximum atomic E-state index is 12.7. The van der Waals surface area contributed by atoms with Gasteiger partial charge in [0.05, 0.1) is 12.8 Å². The van der Waals surface area contributed by atoms with E-state index in [9.17, 15) is 4.79 Å². The first-order chi connectivity index (χ1) is 13.7. The van der Waals surface area contributed by atoms with E-state index in [4.69, 9.17) is 9.47 Å². The minimum atomic E-state index is -0.0399. The Bertz CT molecular complexity index is 987. The zero-order valence-corrected chi connectivity index (χ0v) is 16.0. The van der Waals surface area contributed by atoms with Crippen LogP contribution in [-0.2, 0) is 11.8 Å². The molecule has 1 aliphatic heterocycles. The number of piperidine rings is 1. The zero-order chi connectivity index (χ0) is 19.5. The van der Waals surface area contributed by atoms with Gasteiger partial charge in [0.25, 0.3) is 5.91 Å². The smallest absolute Gasteiger partial charge is 0.260 e. The molecule has 3 aromatic rings. The van der Waals surface area contributed by atoms with Gasteiger partial charge in [0.1, 0.15) is 5.52 Å². The Balaban J connectivity index is 1.45. The molecule has 1 atom stereocenters. The Hall–Kier alpha value is -3.16. The first-order valence-electron chi connectivity index (χ1n) is 9.34. The fraction of sp³-hybridized carbons (Fsp3) is 0.400. The van der Waals surface area contributed by atoms with Gasteiger partial charge in [-0.05, 0) is 25.0 Å². The van der Waals surface area contributed by atoms with E-state index in [1.54, 1.807) is 30.3 Å². The van der Waals surface area contributed by atoms with Gasteiger partial charge >= 0.3 is 0 Å². The number of carbonyl (C=O) groups excluding carboxylic acids is 1. The Labute approximate surface area is 163 Å². The van der Waals surface area contributed by atoms with Crippen LogP contribution in [0.4, 0.5) is 0 Å². The van der Waals surface area contributed by atoms with Crippen LogP contribution in [0.1, 0.15) is 24.5 Å². The van der Waals surface area contributed by atoms with Crippen molar-refractivity contribution in [3.63, 3.8) is 0 Å². The molecule has 8 heteroatoms. The maximum Gasteiger partial charge on any atom is 0.260 e. The minimum Gasteiger partial charge on any atom is -0.493 e. The van der Waals surface area contributed by atoms with E-state index in [-0.39, 0.29) is 18.4 Å². The van der Waals surface area contributed by atoms with E-state index in [1.165, 1.54) is 0 Å². The first-order valence-corrected chi connectivity index (χ1v) is 9.34. The summed E-state index contributed by atoms with van der Waals surface area (Å²) in [4.78, 5) is 23.4. The lowest BCUT2D eigenvalue weighted by Crippen LogP contribution is -2.41. The second-order valence-electron chi connectivity index (χ2n) is 6.86. The highest BCUT2D eigenvalue weighted by atomic mass is 16.5. The van der Waals surface area contributed by atoms with Crippen molar-refractivity contribution in [2.75, 3.05) is 26.8 Å². The molecule has 0 unspecified atom stereocenters. The van der Waals surface area contributed by atoms with Crippen LogP contribution in [0, 0.1) is 0 Å². The largest absolute Gasteiger partial charge is 0.493 e. The molecule has 1 saturated heterocycles. The number of nitrogens with zero attached hydrogens (tertiary/aromatic N) is 5. The molecule has 1 aliphatic rings. The number of methoxy groups -OCH3 is 1. The average molecular weight is 381 g/mol. The third-order valence-corrected chi connectivity index (χ3v) is 5.07. The van der Waals surface area contributed by atoms with Crippen molar-refractivity contribution in [1.82, 2.24) is 24.6 Å². The van der Waals surface area contributed by atoms with E-state index < -0.39 is 0 Å². The van der Waals surface area contributed by atoms with Gasteiger partial charge < -0.3 is 14.4 Å². The number of benzene rings is 1. The number of carbonyl (C=O) groups is 1. The van der Waals surface area contributed by atoms with Gasteiger partial charge in [-0.3, -0.25) is 4.79 Å². The molecule has 0 spiro atoms. The fourth-order valence-corrected chi connectivity index (χ4v) is 3.68. The SMILES string of the molecule is COc1ccccc1OCC(=O)N1CCC[C@@H](c2nn(C)c3nccnc23)C1. The Morgan fingerprint density at radius 3 is 2.82 bits per heavy atom. The topological polar surface area (TPSA) is 82.4 Å². The lowest BCUT2D eigenvalue weighted by atomic mass is 9.94. The second kappa shape index (κ2) is 7.84. The molecule has 0 aliphatic carbocycles. The third-order valence-electron chi connectivity index (χ3n) is 5.07. The van der Waals surface area contributed by atoms with Crippen molar-refractivity contribution < 1.29 is 14.3 Å². The molecule has 0 radical (unpaired) electrons. The van der Waals surface area contributed by atoms with Crippen molar-refractivity contribution in [3.05, 3.63) is 42.4 Å².